The van der Waals surface area contributed by atoms with E-state index in [4.69, 9.17) is 4.74 Å². The number of ether oxygens (including phenoxy) is 1. The van der Waals surface area contributed by atoms with Gasteiger partial charge in [-0.2, -0.15) is 0 Å². The van der Waals surface area contributed by atoms with Crippen LogP contribution in [0.5, 0.6) is 0 Å². The Bertz CT molecular complexity index is 445. The number of carbonyl (C=O) groups is 1. The molecule has 1 aromatic rings. The van der Waals surface area contributed by atoms with Crippen molar-refractivity contribution in [3.63, 3.8) is 0 Å². The summed E-state index contributed by atoms with van der Waals surface area (Å²) in [6.07, 6.45) is 0. The van der Waals surface area contributed by atoms with Crippen LogP contribution in [0.15, 0.2) is 18.2 Å². The molecule has 1 aromatic carbocycles. The van der Waals surface area contributed by atoms with Gasteiger partial charge in [0.1, 0.15) is 5.82 Å². The summed E-state index contributed by atoms with van der Waals surface area (Å²) >= 11 is 0. The van der Waals surface area contributed by atoms with E-state index in [2.05, 4.69) is 10.6 Å². The van der Waals surface area contributed by atoms with Crippen molar-refractivity contribution in [3.05, 3.63) is 29.6 Å². The van der Waals surface area contributed by atoms with Crippen LogP contribution in [0, 0.1) is 18.7 Å². The van der Waals surface area contributed by atoms with Crippen molar-refractivity contribution >= 4 is 11.6 Å². The van der Waals surface area contributed by atoms with Crippen molar-refractivity contribution in [1.29, 1.82) is 0 Å². The normalized spacial score (nSPS) is 22.5. The second-order valence-corrected chi connectivity index (χ2v) is 4.81. The van der Waals surface area contributed by atoms with Gasteiger partial charge < -0.3 is 15.4 Å². The van der Waals surface area contributed by atoms with Crippen LogP contribution in [0.25, 0.3) is 0 Å². The molecule has 1 fully saturated rings. The molecule has 0 spiro atoms. The number of nitrogens with one attached hydrogen (secondary N) is 2. The smallest absolute Gasteiger partial charge is 0.231 e. The summed E-state index contributed by atoms with van der Waals surface area (Å²) in [5, 5.41) is 5.98. The molecule has 1 saturated heterocycles. The number of aryl methyl sites for hydroxylation is 1. The Morgan fingerprint density at radius 3 is 2.89 bits per heavy atom. The highest BCUT2D eigenvalue weighted by Crippen LogP contribution is 2.18. The van der Waals surface area contributed by atoms with Gasteiger partial charge in [0.25, 0.3) is 0 Å². The molecule has 2 unspecified atom stereocenters. The molecule has 0 aromatic heterocycles. The zero-order chi connectivity index (χ0) is 13.8. The second kappa shape index (κ2) is 6.12. The minimum absolute atomic E-state index is 0.0275. The van der Waals surface area contributed by atoms with Gasteiger partial charge in [0.2, 0.25) is 5.91 Å². The van der Waals surface area contributed by atoms with E-state index in [1.807, 2.05) is 6.92 Å². The van der Waals surface area contributed by atoms with Crippen LogP contribution < -0.4 is 10.6 Å². The molecular formula is C14H19FN2O2. The molecule has 2 rings (SSSR count). The van der Waals surface area contributed by atoms with E-state index in [1.165, 1.54) is 12.1 Å². The summed E-state index contributed by atoms with van der Waals surface area (Å²) < 4.78 is 18.6. The molecule has 1 heterocycles. The third-order valence-electron chi connectivity index (χ3n) is 3.19. The van der Waals surface area contributed by atoms with Gasteiger partial charge in [-0.15, -0.1) is 0 Å². The number of benzene rings is 1. The van der Waals surface area contributed by atoms with Crippen LogP contribution in [0.3, 0.4) is 0 Å². The lowest BCUT2D eigenvalue weighted by molar-refractivity contribution is -0.120. The fourth-order valence-electron chi connectivity index (χ4n) is 2.32. The molecule has 0 aliphatic carbocycles. The lowest BCUT2D eigenvalue weighted by Gasteiger charge is -2.18. The lowest BCUT2D eigenvalue weighted by atomic mass is 10.0. The van der Waals surface area contributed by atoms with Crippen LogP contribution in [-0.4, -0.2) is 31.7 Å². The average Bonchev–Trinajstić information content (AvgIpc) is 2.76. The maximum absolute atomic E-state index is 13.3. The molecule has 4 nitrogen and oxygen atoms in total. The van der Waals surface area contributed by atoms with E-state index in [0.717, 1.165) is 12.1 Å². The Balaban J connectivity index is 2.04. The van der Waals surface area contributed by atoms with E-state index in [9.17, 15) is 9.18 Å². The predicted molar refractivity (Wildman–Crippen MR) is 71.5 cm³/mol. The van der Waals surface area contributed by atoms with Gasteiger partial charge in [-0.1, -0.05) is 6.92 Å². The van der Waals surface area contributed by atoms with E-state index in [1.54, 1.807) is 13.0 Å². The molecular weight excluding hydrogens is 247 g/mol. The van der Waals surface area contributed by atoms with Crippen molar-refractivity contribution in [2.24, 2.45) is 5.92 Å². The molecule has 0 bridgehead atoms. The molecule has 19 heavy (non-hydrogen) atoms. The molecule has 2 atom stereocenters. The van der Waals surface area contributed by atoms with Crippen molar-refractivity contribution in [2.45, 2.75) is 19.9 Å². The predicted octanol–water partition coefficient (Wildman–Crippen LogP) is 1.70. The van der Waals surface area contributed by atoms with Crippen LogP contribution in [0.1, 0.15) is 12.5 Å². The Morgan fingerprint density at radius 1 is 1.42 bits per heavy atom. The Hall–Kier alpha value is -1.46. The van der Waals surface area contributed by atoms with Gasteiger partial charge in [0.15, 0.2) is 0 Å². The number of amides is 1. The molecule has 1 aliphatic rings. The zero-order valence-corrected chi connectivity index (χ0v) is 11.2. The zero-order valence-electron chi connectivity index (χ0n) is 11.2. The molecule has 1 aliphatic heterocycles. The first kappa shape index (κ1) is 14.0. The summed E-state index contributed by atoms with van der Waals surface area (Å²) in [4.78, 5) is 12.2. The van der Waals surface area contributed by atoms with Crippen LogP contribution in [0.4, 0.5) is 10.1 Å². The number of carbonyl (C=O) groups excluding carboxylic acids is 1. The summed E-state index contributed by atoms with van der Waals surface area (Å²) in [6.45, 7) is 5.50. The summed E-state index contributed by atoms with van der Waals surface area (Å²) in [5.74, 6) is -0.710. The minimum atomic E-state index is -0.346. The third kappa shape index (κ3) is 3.52. The largest absolute Gasteiger partial charge is 0.379 e. The SMILES string of the molecule is CCNC1COCC1C(=O)Nc1cc(C)cc(F)c1. The molecule has 104 valence electrons. The maximum atomic E-state index is 13.3. The average molecular weight is 266 g/mol. The van der Waals surface area contributed by atoms with Crippen molar-refractivity contribution in [3.8, 4) is 0 Å². The first-order chi connectivity index (χ1) is 9.10. The number of hydrogen-bond acceptors (Lipinski definition) is 3. The fraction of sp³-hybridized carbons (Fsp3) is 0.500. The summed E-state index contributed by atoms with van der Waals surface area (Å²) in [5.41, 5.74) is 1.27. The van der Waals surface area contributed by atoms with Crippen molar-refractivity contribution in [1.82, 2.24) is 5.32 Å². The highest BCUT2D eigenvalue weighted by Gasteiger charge is 2.33. The molecule has 1 amide bonds. The van der Waals surface area contributed by atoms with Gasteiger partial charge in [-0.25, -0.2) is 4.39 Å². The Labute approximate surface area is 112 Å². The highest BCUT2D eigenvalue weighted by molar-refractivity contribution is 5.93. The van der Waals surface area contributed by atoms with E-state index < -0.39 is 0 Å². The maximum Gasteiger partial charge on any atom is 0.231 e. The number of anilines is 1. The number of halogens is 1. The van der Waals surface area contributed by atoms with Gasteiger partial charge in [0.05, 0.1) is 19.1 Å². The number of likely N-dealkylation sites (N-methyl/N-ethyl adjacent to an activating group) is 1. The van der Waals surface area contributed by atoms with E-state index >= 15 is 0 Å². The monoisotopic (exact) mass is 266 g/mol. The van der Waals surface area contributed by atoms with Gasteiger partial charge in [-0.3, -0.25) is 4.79 Å². The summed E-state index contributed by atoms with van der Waals surface area (Å²) in [7, 11) is 0. The first-order valence-corrected chi connectivity index (χ1v) is 6.49. The summed E-state index contributed by atoms with van der Waals surface area (Å²) in [6, 6.07) is 4.53. The van der Waals surface area contributed by atoms with Crippen LogP contribution in [-0.2, 0) is 9.53 Å². The minimum Gasteiger partial charge on any atom is -0.379 e. The van der Waals surface area contributed by atoms with Crippen molar-refractivity contribution < 1.29 is 13.9 Å². The highest BCUT2D eigenvalue weighted by atomic mass is 19.1. The fourth-order valence-corrected chi connectivity index (χ4v) is 2.32. The molecule has 0 radical (unpaired) electrons. The Kier molecular flexibility index (Phi) is 4.50. The van der Waals surface area contributed by atoms with Crippen LogP contribution in [0.2, 0.25) is 0 Å². The van der Waals surface area contributed by atoms with Crippen LogP contribution >= 0.6 is 0 Å². The molecule has 0 saturated carbocycles. The molecule has 2 N–H and O–H groups in total. The topological polar surface area (TPSA) is 50.4 Å². The van der Waals surface area contributed by atoms with E-state index in [0.29, 0.717) is 18.9 Å². The second-order valence-electron chi connectivity index (χ2n) is 4.81. The lowest BCUT2D eigenvalue weighted by Crippen LogP contribution is -2.41. The third-order valence-corrected chi connectivity index (χ3v) is 3.19. The molecule has 5 heteroatoms. The number of rotatable bonds is 4. The Morgan fingerprint density at radius 2 is 2.21 bits per heavy atom. The quantitative estimate of drug-likeness (QED) is 0.872. The van der Waals surface area contributed by atoms with Gasteiger partial charge in [0, 0.05) is 11.7 Å². The van der Waals surface area contributed by atoms with E-state index in [-0.39, 0.29) is 23.7 Å². The van der Waals surface area contributed by atoms with Gasteiger partial charge in [-0.05, 0) is 37.2 Å². The van der Waals surface area contributed by atoms with Crippen molar-refractivity contribution in [2.75, 3.05) is 25.1 Å². The first-order valence-electron chi connectivity index (χ1n) is 6.49. The standard InChI is InChI=1S/C14H19FN2O2/c1-3-16-13-8-19-7-12(13)14(18)17-11-5-9(2)4-10(15)6-11/h4-6,12-13,16H,3,7-8H2,1-2H3,(H,17,18). The number of hydrogen-bond donors (Lipinski definition) is 2. The van der Waals surface area contributed by atoms with Gasteiger partial charge >= 0.3 is 0 Å².